The van der Waals surface area contributed by atoms with Crippen molar-refractivity contribution in [1.29, 1.82) is 0 Å². The average molecular weight is 299 g/mol. The number of hydrogen-bond acceptors (Lipinski definition) is 4. The molecule has 2 atom stereocenters. The van der Waals surface area contributed by atoms with Crippen LogP contribution in [0.25, 0.3) is 0 Å². The minimum Gasteiger partial charge on any atom is -0.339 e. The van der Waals surface area contributed by atoms with Gasteiger partial charge in [0.15, 0.2) is 0 Å². The lowest BCUT2D eigenvalue weighted by Gasteiger charge is -2.26. The molecule has 5 nitrogen and oxygen atoms in total. The molecule has 0 amide bonds. The number of aryl methyl sites for hydroxylation is 1. The summed E-state index contributed by atoms with van der Waals surface area (Å²) in [6, 6.07) is 6.65. The fourth-order valence-corrected chi connectivity index (χ4v) is 3.89. The van der Waals surface area contributed by atoms with Crippen molar-refractivity contribution in [3.8, 4) is 0 Å². The standard InChI is InChI=1S/C14H21NO4S/c1-4-12-10-19-14(18-5-2)15(12)20(16,17)13-8-6-11(3)7-9-13/h6-9,12,14H,4-5,10H2,1-3H3/t12-,14+/m0/s1. The Kier molecular flexibility index (Phi) is 4.80. The quantitative estimate of drug-likeness (QED) is 0.835. The Morgan fingerprint density at radius 1 is 1.30 bits per heavy atom. The van der Waals surface area contributed by atoms with Gasteiger partial charge in [-0.25, -0.2) is 8.42 Å². The summed E-state index contributed by atoms with van der Waals surface area (Å²) in [7, 11) is -3.60. The van der Waals surface area contributed by atoms with E-state index in [1.165, 1.54) is 4.31 Å². The van der Waals surface area contributed by atoms with Crippen molar-refractivity contribution < 1.29 is 17.9 Å². The van der Waals surface area contributed by atoms with Gasteiger partial charge in [-0.1, -0.05) is 24.6 Å². The molecule has 0 unspecified atom stereocenters. The molecule has 1 aliphatic heterocycles. The second-order valence-electron chi connectivity index (χ2n) is 4.81. The summed E-state index contributed by atoms with van der Waals surface area (Å²) in [5.74, 6) is 0. The van der Waals surface area contributed by atoms with E-state index in [2.05, 4.69) is 0 Å². The Hall–Kier alpha value is -0.950. The van der Waals surface area contributed by atoms with Gasteiger partial charge >= 0.3 is 0 Å². The van der Waals surface area contributed by atoms with Crippen LogP contribution in [-0.4, -0.2) is 38.4 Å². The predicted molar refractivity (Wildman–Crippen MR) is 75.6 cm³/mol. The molecular weight excluding hydrogens is 278 g/mol. The summed E-state index contributed by atoms with van der Waals surface area (Å²) < 4.78 is 37.7. The Labute approximate surface area is 120 Å². The van der Waals surface area contributed by atoms with Crippen LogP contribution in [0.15, 0.2) is 29.2 Å². The average Bonchev–Trinajstić information content (AvgIpc) is 2.83. The lowest BCUT2D eigenvalue weighted by atomic mass is 10.2. The van der Waals surface area contributed by atoms with Crippen LogP contribution in [0.1, 0.15) is 25.8 Å². The maximum Gasteiger partial charge on any atom is 0.247 e. The van der Waals surface area contributed by atoms with Crippen molar-refractivity contribution in [3.05, 3.63) is 29.8 Å². The molecule has 6 heteroatoms. The molecule has 1 heterocycles. The molecule has 0 spiro atoms. The molecular formula is C14H21NO4S. The van der Waals surface area contributed by atoms with Crippen molar-refractivity contribution in [2.45, 2.75) is 44.5 Å². The lowest BCUT2D eigenvalue weighted by molar-refractivity contribution is -0.149. The van der Waals surface area contributed by atoms with E-state index in [4.69, 9.17) is 9.47 Å². The number of ether oxygens (including phenoxy) is 2. The van der Waals surface area contributed by atoms with Crippen LogP contribution in [0.3, 0.4) is 0 Å². The molecule has 1 aliphatic rings. The van der Waals surface area contributed by atoms with Gasteiger partial charge in [0.2, 0.25) is 16.4 Å². The van der Waals surface area contributed by atoms with E-state index in [1.54, 1.807) is 24.3 Å². The monoisotopic (exact) mass is 299 g/mol. The van der Waals surface area contributed by atoms with Crippen LogP contribution in [0.5, 0.6) is 0 Å². The highest BCUT2D eigenvalue weighted by atomic mass is 32.2. The van der Waals surface area contributed by atoms with Crippen LogP contribution in [0.2, 0.25) is 0 Å². The largest absolute Gasteiger partial charge is 0.339 e. The Morgan fingerprint density at radius 3 is 2.50 bits per heavy atom. The van der Waals surface area contributed by atoms with Crippen molar-refractivity contribution >= 4 is 10.0 Å². The van der Waals surface area contributed by atoms with Crippen LogP contribution >= 0.6 is 0 Å². The van der Waals surface area contributed by atoms with Gasteiger partial charge in [0, 0.05) is 6.61 Å². The molecule has 0 aliphatic carbocycles. The number of benzene rings is 1. The van der Waals surface area contributed by atoms with Crippen LogP contribution in [-0.2, 0) is 19.5 Å². The van der Waals surface area contributed by atoms with Gasteiger partial charge in [0.1, 0.15) is 0 Å². The molecule has 2 rings (SSSR count). The highest BCUT2D eigenvalue weighted by molar-refractivity contribution is 7.89. The number of nitrogens with zero attached hydrogens (tertiary/aromatic N) is 1. The third-order valence-electron chi connectivity index (χ3n) is 3.38. The van der Waals surface area contributed by atoms with Crippen molar-refractivity contribution in [3.63, 3.8) is 0 Å². The van der Waals surface area contributed by atoms with Gasteiger partial charge in [0.25, 0.3) is 0 Å². The predicted octanol–water partition coefficient (Wildman–Crippen LogP) is 2.11. The summed E-state index contributed by atoms with van der Waals surface area (Å²) in [6.07, 6.45) is -0.134. The first-order chi connectivity index (χ1) is 9.50. The molecule has 0 saturated carbocycles. The van der Waals surface area contributed by atoms with Gasteiger partial charge in [-0.05, 0) is 32.4 Å². The molecule has 0 radical (unpaired) electrons. The minimum absolute atomic E-state index is 0.183. The van der Waals surface area contributed by atoms with E-state index in [9.17, 15) is 8.42 Å². The molecule has 112 valence electrons. The van der Waals surface area contributed by atoms with Crippen molar-refractivity contribution in [2.75, 3.05) is 13.2 Å². The first-order valence-electron chi connectivity index (χ1n) is 6.84. The number of sulfonamides is 1. The smallest absolute Gasteiger partial charge is 0.247 e. The van der Waals surface area contributed by atoms with Gasteiger partial charge in [-0.15, -0.1) is 4.31 Å². The molecule has 1 aromatic carbocycles. The summed E-state index contributed by atoms with van der Waals surface area (Å²) in [4.78, 5) is 0.275. The van der Waals surface area contributed by atoms with Gasteiger partial charge < -0.3 is 9.47 Å². The molecule has 1 aromatic rings. The number of rotatable bonds is 5. The molecule has 0 bridgehead atoms. The maximum atomic E-state index is 12.8. The zero-order valence-corrected chi connectivity index (χ0v) is 12.9. The highest BCUT2D eigenvalue weighted by Crippen LogP contribution is 2.28. The van der Waals surface area contributed by atoms with Gasteiger partial charge in [0.05, 0.1) is 17.5 Å². The van der Waals surface area contributed by atoms with E-state index < -0.39 is 16.4 Å². The first-order valence-corrected chi connectivity index (χ1v) is 8.28. The second kappa shape index (κ2) is 6.22. The summed E-state index contributed by atoms with van der Waals surface area (Å²) in [5, 5.41) is 0. The van der Waals surface area contributed by atoms with Crippen molar-refractivity contribution in [1.82, 2.24) is 4.31 Å². The minimum atomic E-state index is -3.60. The SMILES string of the molecule is CCO[C@@H]1OC[C@H](CC)N1S(=O)(=O)c1ccc(C)cc1. The zero-order chi connectivity index (χ0) is 14.8. The van der Waals surface area contributed by atoms with E-state index in [0.717, 1.165) is 5.56 Å². The lowest BCUT2D eigenvalue weighted by Crippen LogP contribution is -2.42. The molecule has 20 heavy (non-hydrogen) atoms. The third-order valence-corrected chi connectivity index (χ3v) is 5.27. The fourth-order valence-electron chi connectivity index (χ4n) is 2.22. The van der Waals surface area contributed by atoms with E-state index in [1.807, 2.05) is 20.8 Å². The Balaban J connectivity index is 2.36. The van der Waals surface area contributed by atoms with E-state index in [-0.39, 0.29) is 10.9 Å². The summed E-state index contributed by atoms with van der Waals surface area (Å²) in [5.41, 5.74) is 1.02. The summed E-state index contributed by atoms with van der Waals surface area (Å²) in [6.45, 7) is 6.46. The van der Waals surface area contributed by atoms with Gasteiger partial charge in [-0.2, -0.15) is 0 Å². The van der Waals surface area contributed by atoms with Crippen LogP contribution < -0.4 is 0 Å². The van der Waals surface area contributed by atoms with E-state index >= 15 is 0 Å². The highest BCUT2D eigenvalue weighted by Gasteiger charge is 2.43. The molecule has 0 N–H and O–H groups in total. The topological polar surface area (TPSA) is 55.8 Å². The maximum absolute atomic E-state index is 12.8. The van der Waals surface area contributed by atoms with Crippen molar-refractivity contribution in [2.24, 2.45) is 0 Å². The molecule has 1 fully saturated rings. The number of hydrogen-bond donors (Lipinski definition) is 0. The van der Waals surface area contributed by atoms with Crippen LogP contribution in [0.4, 0.5) is 0 Å². The normalized spacial score (nSPS) is 24.1. The van der Waals surface area contributed by atoms with E-state index in [0.29, 0.717) is 19.6 Å². The zero-order valence-electron chi connectivity index (χ0n) is 12.1. The molecule has 1 saturated heterocycles. The fraction of sp³-hybridized carbons (Fsp3) is 0.571. The Bertz CT molecular complexity index is 541. The van der Waals surface area contributed by atoms with Gasteiger partial charge in [-0.3, -0.25) is 0 Å². The first kappa shape index (κ1) is 15.4. The Morgan fingerprint density at radius 2 is 1.95 bits per heavy atom. The molecule has 0 aromatic heterocycles. The second-order valence-corrected chi connectivity index (χ2v) is 6.65. The van der Waals surface area contributed by atoms with Crippen LogP contribution in [0, 0.1) is 6.92 Å². The third kappa shape index (κ3) is 2.88. The summed E-state index contributed by atoms with van der Waals surface area (Å²) >= 11 is 0.